The summed E-state index contributed by atoms with van der Waals surface area (Å²) in [6.45, 7) is 1.23. The zero-order chi connectivity index (χ0) is 10.1. The molecule has 0 aromatic rings. The van der Waals surface area contributed by atoms with Crippen molar-refractivity contribution in [1.82, 2.24) is 5.32 Å². The van der Waals surface area contributed by atoms with Crippen LogP contribution in [0.2, 0.25) is 0 Å². The van der Waals surface area contributed by atoms with Gasteiger partial charge in [0.15, 0.2) is 0 Å². The van der Waals surface area contributed by atoms with E-state index in [0.717, 1.165) is 12.8 Å². The Hall–Kier alpha value is 0.740. The molecular weight excluding hydrogens is 209 g/mol. The molecule has 0 bridgehead atoms. The Bertz CT molecular complexity index is 149. The van der Waals surface area contributed by atoms with Gasteiger partial charge in [0, 0.05) is 41.9 Å². The van der Waals surface area contributed by atoms with E-state index in [1.54, 1.807) is 0 Å². The summed E-state index contributed by atoms with van der Waals surface area (Å²) < 4.78 is 0. The minimum absolute atomic E-state index is 0. The molecule has 0 aromatic heterocycles. The van der Waals surface area contributed by atoms with Crippen molar-refractivity contribution in [2.75, 3.05) is 18.8 Å². The van der Waals surface area contributed by atoms with Crippen molar-refractivity contribution in [2.24, 2.45) is 11.5 Å². The summed E-state index contributed by atoms with van der Waals surface area (Å²) in [7, 11) is 0. The van der Waals surface area contributed by atoms with Gasteiger partial charge in [-0.1, -0.05) is 6.42 Å². The third-order valence-corrected chi connectivity index (χ3v) is 1.94. The molecule has 0 aromatic carbocycles. The number of unbranched alkanes of at least 4 members (excludes halogenated alkanes) is 1. The molecule has 5 N–H and O–H groups in total. The number of thiol groups is 1. The molecule has 0 aliphatic rings. The average molecular weight is 228 g/mol. The number of carbonyl (C=O) groups is 1. The van der Waals surface area contributed by atoms with Gasteiger partial charge in [-0.2, -0.15) is 12.6 Å². The number of carbonyl (C=O) groups excluding carboxylic acids is 1. The smallest absolute Gasteiger partial charge is 0.236 e. The zero-order valence-corrected chi connectivity index (χ0v) is 11.7. The molecule has 1 amide bonds. The van der Waals surface area contributed by atoms with Crippen LogP contribution < -0.4 is 16.8 Å². The second kappa shape index (κ2) is 11.8. The SMILES string of the molecule is NCCCC[C@H](N)C(=O)NCCS.[Na]. The van der Waals surface area contributed by atoms with Crippen LogP contribution in [0, 0.1) is 0 Å². The molecule has 14 heavy (non-hydrogen) atoms. The van der Waals surface area contributed by atoms with E-state index in [-0.39, 0.29) is 35.5 Å². The summed E-state index contributed by atoms with van der Waals surface area (Å²) in [5.41, 5.74) is 10.9. The van der Waals surface area contributed by atoms with Gasteiger partial charge in [-0.15, -0.1) is 0 Å². The summed E-state index contributed by atoms with van der Waals surface area (Å²) in [5.74, 6) is 0.549. The molecular formula is C8H19N3NaOS. The molecule has 0 saturated carbocycles. The normalized spacial score (nSPS) is 11.6. The first-order valence-electron chi connectivity index (χ1n) is 4.56. The molecule has 0 fully saturated rings. The van der Waals surface area contributed by atoms with Crippen LogP contribution in [0.25, 0.3) is 0 Å². The molecule has 1 radical (unpaired) electrons. The molecule has 0 rings (SSSR count). The van der Waals surface area contributed by atoms with Crippen LogP contribution in [0.5, 0.6) is 0 Å². The monoisotopic (exact) mass is 228 g/mol. The average Bonchev–Trinajstić information content (AvgIpc) is 2.14. The molecule has 0 spiro atoms. The zero-order valence-electron chi connectivity index (χ0n) is 8.83. The summed E-state index contributed by atoms with van der Waals surface area (Å²) in [4.78, 5) is 11.2. The van der Waals surface area contributed by atoms with Crippen LogP contribution in [0.15, 0.2) is 0 Å². The van der Waals surface area contributed by atoms with Gasteiger partial charge in [-0.3, -0.25) is 4.79 Å². The van der Waals surface area contributed by atoms with Crippen molar-refractivity contribution >= 4 is 48.1 Å². The van der Waals surface area contributed by atoms with Crippen LogP contribution >= 0.6 is 12.6 Å². The molecule has 6 heteroatoms. The Kier molecular flexibility index (Phi) is 14.5. The minimum atomic E-state index is -0.397. The topological polar surface area (TPSA) is 81.1 Å². The third kappa shape index (κ3) is 9.30. The van der Waals surface area contributed by atoms with Gasteiger partial charge in [0.25, 0.3) is 0 Å². The van der Waals surface area contributed by atoms with Crippen molar-refractivity contribution in [1.29, 1.82) is 0 Å². The standard InChI is InChI=1S/C8H19N3OS.Na/c9-4-2-1-3-7(10)8(12)11-5-6-13;/h7,13H,1-6,9-10H2,(H,11,12);/t7-;/m0./s1. The Morgan fingerprint density at radius 3 is 2.57 bits per heavy atom. The van der Waals surface area contributed by atoms with Crippen LogP contribution in [0.1, 0.15) is 19.3 Å². The number of amides is 1. The second-order valence-corrected chi connectivity index (χ2v) is 3.35. The third-order valence-electron chi connectivity index (χ3n) is 1.72. The fourth-order valence-electron chi connectivity index (χ4n) is 0.950. The van der Waals surface area contributed by atoms with E-state index in [0.29, 0.717) is 25.3 Å². The Balaban J connectivity index is 0. The molecule has 0 unspecified atom stereocenters. The maximum absolute atomic E-state index is 11.2. The van der Waals surface area contributed by atoms with E-state index >= 15 is 0 Å². The first-order valence-corrected chi connectivity index (χ1v) is 5.19. The first-order chi connectivity index (χ1) is 6.22. The van der Waals surface area contributed by atoms with Crippen LogP contribution in [-0.4, -0.2) is 60.3 Å². The predicted octanol–water partition coefficient (Wildman–Crippen LogP) is -0.892. The number of rotatable bonds is 7. The number of nitrogens with one attached hydrogen (secondary N) is 1. The van der Waals surface area contributed by atoms with E-state index in [1.165, 1.54) is 0 Å². The first kappa shape index (κ1) is 17.1. The van der Waals surface area contributed by atoms with Crippen molar-refractivity contribution in [3.05, 3.63) is 0 Å². The van der Waals surface area contributed by atoms with Gasteiger partial charge in [-0.25, -0.2) is 0 Å². The Labute approximate surface area is 113 Å². The van der Waals surface area contributed by atoms with E-state index in [4.69, 9.17) is 11.5 Å². The van der Waals surface area contributed by atoms with Crippen molar-refractivity contribution < 1.29 is 4.79 Å². The Morgan fingerprint density at radius 2 is 2.07 bits per heavy atom. The van der Waals surface area contributed by atoms with E-state index in [1.807, 2.05) is 0 Å². The van der Waals surface area contributed by atoms with E-state index in [2.05, 4.69) is 17.9 Å². The quantitative estimate of drug-likeness (QED) is 0.259. The largest absolute Gasteiger partial charge is 0.354 e. The van der Waals surface area contributed by atoms with Gasteiger partial charge in [-0.05, 0) is 19.4 Å². The molecule has 0 heterocycles. The van der Waals surface area contributed by atoms with Crippen LogP contribution in [0.4, 0.5) is 0 Å². The van der Waals surface area contributed by atoms with Crippen molar-refractivity contribution in [3.8, 4) is 0 Å². The molecule has 4 nitrogen and oxygen atoms in total. The van der Waals surface area contributed by atoms with Gasteiger partial charge in [0.1, 0.15) is 0 Å². The fraction of sp³-hybridized carbons (Fsp3) is 0.875. The van der Waals surface area contributed by atoms with Crippen LogP contribution in [0.3, 0.4) is 0 Å². The maximum atomic E-state index is 11.2. The van der Waals surface area contributed by atoms with Crippen molar-refractivity contribution in [3.63, 3.8) is 0 Å². The predicted molar refractivity (Wildman–Crippen MR) is 63.5 cm³/mol. The molecule has 0 aliphatic heterocycles. The van der Waals surface area contributed by atoms with Gasteiger partial charge in [0.2, 0.25) is 5.91 Å². The van der Waals surface area contributed by atoms with Crippen molar-refractivity contribution in [2.45, 2.75) is 25.3 Å². The van der Waals surface area contributed by atoms with E-state index < -0.39 is 6.04 Å². The van der Waals surface area contributed by atoms with Gasteiger partial charge in [0.05, 0.1) is 6.04 Å². The summed E-state index contributed by atoms with van der Waals surface area (Å²) in [6.07, 6.45) is 2.54. The number of hydrogen-bond acceptors (Lipinski definition) is 4. The van der Waals surface area contributed by atoms with Crippen LogP contribution in [-0.2, 0) is 4.79 Å². The molecule has 1 atom stereocenters. The maximum Gasteiger partial charge on any atom is 0.236 e. The van der Waals surface area contributed by atoms with Gasteiger partial charge >= 0.3 is 0 Å². The summed E-state index contributed by atoms with van der Waals surface area (Å²) in [6, 6.07) is -0.397. The molecule has 0 saturated heterocycles. The Morgan fingerprint density at radius 1 is 1.43 bits per heavy atom. The number of hydrogen-bond donors (Lipinski definition) is 4. The number of nitrogens with two attached hydrogens (primary N) is 2. The summed E-state index contributed by atoms with van der Waals surface area (Å²) >= 11 is 3.98. The molecule has 0 aliphatic carbocycles. The van der Waals surface area contributed by atoms with Gasteiger partial charge < -0.3 is 16.8 Å². The fourth-order valence-corrected chi connectivity index (χ4v) is 1.06. The van der Waals surface area contributed by atoms with E-state index in [9.17, 15) is 4.79 Å². The second-order valence-electron chi connectivity index (χ2n) is 2.91. The minimum Gasteiger partial charge on any atom is -0.354 e. The summed E-state index contributed by atoms with van der Waals surface area (Å²) in [5, 5.41) is 2.69. The molecule has 79 valence electrons.